The molecule has 90 valence electrons. The molecule has 1 nitrogen and oxygen atoms in total. The molecule has 0 saturated carbocycles. The van der Waals surface area contributed by atoms with Crippen LogP contribution in [-0.4, -0.2) is 0 Å². The first-order valence-electron chi connectivity index (χ1n) is 5.23. The van der Waals surface area contributed by atoms with Crippen LogP contribution in [0.15, 0.2) is 40.2 Å². The van der Waals surface area contributed by atoms with Gasteiger partial charge in [-0.25, -0.2) is 0 Å². The summed E-state index contributed by atoms with van der Waals surface area (Å²) in [6.07, 6.45) is 0. The summed E-state index contributed by atoms with van der Waals surface area (Å²) < 4.78 is 1.03. The zero-order valence-corrected chi connectivity index (χ0v) is 12.7. The van der Waals surface area contributed by atoms with Crippen molar-refractivity contribution in [2.45, 2.75) is 6.92 Å². The lowest BCUT2D eigenvalue weighted by Crippen LogP contribution is -1.85. The van der Waals surface area contributed by atoms with Crippen LogP contribution in [0.3, 0.4) is 0 Å². The number of hydrogen-bond donors (Lipinski definition) is 0. The van der Waals surface area contributed by atoms with Gasteiger partial charge in [0.15, 0.2) is 0 Å². The molecule has 0 amide bonds. The van der Waals surface area contributed by atoms with Gasteiger partial charge in [-0.1, -0.05) is 39.7 Å². The number of nitriles is 1. The van der Waals surface area contributed by atoms with Gasteiger partial charge >= 0.3 is 0 Å². The summed E-state index contributed by atoms with van der Waals surface area (Å²) in [5.41, 5.74) is 2.48. The Bertz CT molecular complexity index is 638. The molecule has 18 heavy (non-hydrogen) atoms. The molecule has 2 aromatic rings. The minimum absolute atomic E-state index is 0.496. The van der Waals surface area contributed by atoms with Crippen molar-refractivity contribution < 1.29 is 0 Å². The Hall–Kier alpha value is -1.08. The van der Waals surface area contributed by atoms with Gasteiger partial charge in [-0.2, -0.15) is 5.26 Å². The molecule has 0 atom stereocenters. The van der Waals surface area contributed by atoms with Crippen molar-refractivity contribution in [1.29, 1.82) is 5.26 Å². The molecule has 1 heterocycles. The number of halogens is 2. The molecule has 1 aromatic carbocycles. The number of aryl methyl sites for hydroxylation is 1. The van der Waals surface area contributed by atoms with Gasteiger partial charge in [0.1, 0.15) is 6.07 Å². The van der Waals surface area contributed by atoms with Gasteiger partial charge in [0.25, 0.3) is 0 Å². The molecule has 0 aliphatic carbocycles. The molecule has 0 spiro atoms. The van der Waals surface area contributed by atoms with Gasteiger partial charge in [-0.05, 0) is 41.6 Å². The van der Waals surface area contributed by atoms with Crippen LogP contribution >= 0.6 is 38.9 Å². The smallest absolute Gasteiger partial charge is 0.102 e. The highest BCUT2D eigenvalue weighted by Gasteiger charge is 2.11. The Balaban J connectivity index is 2.54. The molecule has 1 aromatic heterocycles. The lowest BCUT2D eigenvalue weighted by atomic mass is 10.1. The molecule has 0 radical (unpaired) electrons. The lowest BCUT2D eigenvalue weighted by Gasteiger charge is -2.05. The van der Waals surface area contributed by atoms with E-state index in [-0.39, 0.29) is 0 Å². The molecule has 0 unspecified atom stereocenters. The van der Waals surface area contributed by atoms with Gasteiger partial charge in [0.05, 0.1) is 10.6 Å². The summed E-state index contributed by atoms with van der Waals surface area (Å²) in [5.74, 6) is 0. The SMILES string of the molecule is Cc1cc(/C(Cl)=C(/C#N)c2cccs2)ccc1Br. The quantitative estimate of drug-likeness (QED) is 0.668. The van der Waals surface area contributed by atoms with Crippen molar-refractivity contribution >= 4 is 49.5 Å². The lowest BCUT2D eigenvalue weighted by molar-refractivity contribution is 1.42. The molecular formula is C14H9BrClNS. The zero-order chi connectivity index (χ0) is 13.1. The summed E-state index contributed by atoms with van der Waals surface area (Å²) in [7, 11) is 0. The maximum atomic E-state index is 9.26. The molecule has 0 bridgehead atoms. The summed E-state index contributed by atoms with van der Waals surface area (Å²) in [6.45, 7) is 1.99. The number of nitrogens with zero attached hydrogens (tertiary/aromatic N) is 1. The van der Waals surface area contributed by atoms with Crippen LogP contribution in [0, 0.1) is 18.3 Å². The number of allylic oxidation sites excluding steroid dienone is 1. The predicted molar refractivity (Wildman–Crippen MR) is 81.5 cm³/mol. The Kier molecular flexibility index (Phi) is 4.23. The maximum Gasteiger partial charge on any atom is 0.102 e. The van der Waals surface area contributed by atoms with Crippen molar-refractivity contribution in [2.24, 2.45) is 0 Å². The van der Waals surface area contributed by atoms with Gasteiger partial charge in [0, 0.05) is 9.35 Å². The predicted octanol–water partition coefficient (Wildman–Crippen LogP) is 5.45. The normalized spacial score (nSPS) is 11.9. The Morgan fingerprint density at radius 3 is 2.72 bits per heavy atom. The second kappa shape index (κ2) is 5.71. The van der Waals surface area contributed by atoms with Crippen molar-refractivity contribution in [3.8, 4) is 6.07 Å². The van der Waals surface area contributed by atoms with Gasteiger partial charge in [-0.3, -0.25) is 0 Å². The standard InChI is InChI=1S/C14H9BrClNS/c1-9-7-10(4-5-12(9)15)14(16)11(8-17)13-3-2-6-18-13/h2-7H,1H3/b14-11+. The van der Waals surface area contributed by atoms with Crippen molar-refractivity contribution in [3.63, 3.8) is 0 Å². The molecule has 0 aliphatic heterocycles. The van der Waals surface area contributed by atoms with Crippen LogP contribution in [0.1, 0.15) is 16.0 Å². The number of benzene rings is 1. The molecule has 2 rings (SSSR count). The van der Waals surface area contributed by atoms with Gasteiger partial charge in [-0.15, -0.1) is 11.3 Å². The fourth-order valence-electron chi connectivity index (χ4n) is 1.56. The van der Waals surface area contributed by atoms with Crippen LogP contribution < -0.4 is 0 Å². The molecular weight excluding hydrogens is 330 g/mol. The number of rotatable bonds is 2. The van der Waals surface area contributed by atoms with Crippen LogP contribution in [0.5, 0.6) is 0 Å². The summed E-state index contributed by atoms with van der Waals surface area (Å²) in [5, 5.41) is 11.7. The average Bonchev–Trinajstić information content (AvgIpc) is 2.87. The van der Waals surface area contributed by atoms with E-state index in [0.717, 1.165) is 20.5 Å². The van der Waals surface area contributed by atoms with Crippen LogP contribution in [0.25, 0.3) is 10.6 Å². The third kappa shape index (κ3) is 2.67. The zero-order valence-electron chi connectivity index (χ0n) is 9.58. The van der Waals surface area contributed by atoms with Crippen LogP contribution in [-0.2, 0) is 0 Å². The van der Waals surface area contributed by atoms with E-state index in [4.69, 9.17) is 11.6 Å². The van der Waals surface area contributed by atoms with E-state index in [1.807, 2.05) is 42.6 Å². The van der Waals surface area contributed by atoms with Gasteiger partial charge < -0.3 is 0 Å². The van der Waals surface area contributed by atoms with E-state index in [2.05, 4.69) is 22.0 Å². The summed E-state index contributed by atoms with van der Waals surface area (Å²) in [6, 6.07) is 11.8. The second-order valence-corrected chi connectivity index (χ2v) is 5.92. The highest BCUT2D eigenvalue weighted by molar-refractivity contribution is 9.10. The third-order valence-electron chi connectivity index (χ3n) is 2.51. The van der Waals surface area contributed by atoms with Gasteiger partial charge in [0.2, 0.25) is 0 Å². The monoisotopic (exact) mass is 337 g/mol. The maximum absolute atomic E-state index is 9.26. The second-order valence-electron chi connectivity index (χ2n) is 3.74. The average molecular weight is 339 g/mol. The van der Waals surface area contributed by atoms with E-state index in [1.54, 1.807) is 0 Å². The topological polar surface area (TPSA) is 23.8 Å². The highest BCUT2D eigenvalue weighted by Crippen LogP contribution is 2.32. The van der Waals surface area contributed by atoms with Crippen LogP contribution in [0.4, 0.5) is 0 Å². The summed E-state index contributed by atoms with van der Waals surface area (Å²) in [4.78, 5) is 0.892. The highest BCUT2D eigenvalue weighted by atomic mass is 79.9. The van der Waals surface area contributed by atoms with Crippen molar-refractivity contribution in [2.75, 3.05) is 0 Å². The molecule has 0 aliphatic rings. The van der Waals surface area contributed by atoms with E-state index in [9.17, 15) is 5.26 Å². The van der Waals surface area contributed by atoms with Crippen LogP contribution in [0.2, 0.25) is 0 Å². The largest absolute Gasteiger partial charge is 0.192 e. The molecule has 0 fully saturated rings. The first kappa shape index (κ1) is 13.4. The Labute approximate surface area is 123 Å². The fourth-order valence-corrected chi connectivity index (χ4v) is 2.85. The molecule has 0 saturated heterocycles. The Morgan fingerprint density at radius 1 is 1.39 bits per heavy atom. The minimum Gasteiger partial charge on any atom is -0.192 e. The number of hydrogen-bond acceptors (Lipinski definition) is 2. The first-order chi connectivity index (χ1) is 8.63. The number of thiophene rings is 1. The van der Waals surface area contributed by atoms with Crippen molar-refractivity contribution in [3.05, 3.63) is 56.2 Å². The van der Waals surface area contributed by atoms with E-state index in [1.165, 1.54) is 11.3 Å². The van der Waals surface area contributed by atoms with E-state index in [0.29, 0.717) is 10.6 Å². The van der Waals surface area contributed by atoms with E-state index >= 15 is 0 Å². The van der Waals surface area contributed by atoms with E-state index < -0.39 is 0 Å². The third-order valence-corrected chi connectivity index (χ3v) is 4.69. The minimum atomic E-state index is 0.496. The molecule has 4 heteroatoms. The Morgan fingerprint density at radius 2 is 2.17 bits per heavy atom. The first-order valence-corrected chi connectivity index (χ1v) is 7.29. The van der Waals surface area contributed by atoms with Crippen molar-refractivity contribution in [1.82, 2.24) is 0 Å². The summed E-state index contributed by atoms with van der Waals surface area (Å²) >= 11 is 11.3. The molecule has 0 N–H and O–H groups in total. The fraction of sp³-hybridized carbons (Fsp3) is 0.0714.